The van der Waals surface area contributed by atoms with Crippen LogP contribution in [0.4, 0.5) is 0 Å². The highest BCUT2D eigenvalue weighted by molar-refractivity contribution is 6.58. The summed E-state index contributed by atoms with van der Waals surface area (Å²) in [5.74, 6) is 10.2. The Hall–Kier alpha value is -12.6. The average Bonchev–Trinajstić information content (AvgIpc) is 1.51. The van der Waals surface area contributed by atoms with Crippen molar-refractivity contribution in [2.24, 2.45) is 47.3 Å². The third kappa shape index (κ3) is 13.2. The second-order valence-corrected chi connectivity index (χ2v) is 35.3. The smallest absolute Gasteiger partial charge is 0.423 e. The molecular formula is C110H88BClN6O2. The highest BCUT2D eigenvalue weighted by Crippen LogP contribution is 2.71. The molecule has 8 nitrogen and oxygen atoms in total. The van der Waals surface area contributed by atoms with Gasteiger partial charge in [-0.25, -0.2) is 29.9 Å². The van der Waals surface area contributed by atoms with Gasteiger partial charge in [0.15, 0.2) is 34.9 Å². The van der Waals surface area contributed by atoms with Crippen LogP contribution in [0.1, 0.15) is 86.5 Å². The van der Waals surface area contributed by atoms with Crippen LogP contribution in [0.2, 0.25) is 5.02 Å². The lowest BCUT2D eigenvalue weighted by Gasteiger charge is -2.61. The van der Waals surface area contributed by atoms with Crippen LogP contribution in [0.25, 0.3) is 146 Å². The number of halogens is 1. The van der Waals surface area contributed by atoms with Gasteiger partial charge in [-0.2, -0.15) is 0 Å². The predicted octanol–water partition coefficient (Wildman–Crippen LogP) is 25.5. The van der Waals surface area contributed by atoms with E-state index in [-0.39, 0.29) is 10.8 Å². The molecule has 580 valence electrons. The minimum absolute atomic E-state index is 0.0538. The standard InChI is InChI=1S/C55H43N3.C28H27BO2.C27H18ClN3/c1-5-13-37(14-6-1)41-22-24-50-49(33-41)48-23-21-42(34-51(48)55(50)46-26-35-25-36(28-46)29-47(55)27-35)44-30-43(38-15-7-2-8-16-38)31-45(32-44)54-57-52(39-17-9-3-10-18-39)56-53(58-54)40-19-11-4-12-20-40;30-29(31)23-7-8-24-25-15-20(19-4-2-1-3-5-19)6-9-26(25)28(27(24)16-23)21-11-17-10-18(13-21)14-22(28)12-17;28-24-17-22(19-10-4-1-5-11-19)16-23(18-24)27-30-25(20-12-6-2-7-13-20)29-26(31-27)21-14-8-3-9-15-21/h1-24,30-36,46-47H,25-29H2;1-9,15-18,21-22,30-31H,10-14H2;1-18H. The van der Waals surface area contributed by atoms with Gasteiger partial charge in [-0.3, -0.25) is 0 Å². The number of hydrogen-bond donors (Lipinski definition) is 2. The van der Waals surface area contributed by atoms with E-state index in [9.17, 15) is 10.0 Å². The summed E-state index contributed by atoms with van der Waals surface area (Å²) in [5.41, 5.74) is 29.9. The minimum atomic E-state index is -1.41. The Kier molecular flexibility index (Phi) is 18.8. The summed E-state index contributed by atoms with van der Waals surface area (Å²) in [5, 5.41) is 20.6. The summed E-state index contributed by atoms with van der Waals surface area (Å²) >= 11 is 6.49. The quantitative estimate of drug-likeness (QED) is 0.116. The van der Waals surface area contributed by atoms with Crippen LogP contribution in [0.3, 0.4) is 0 Å². The van der Waals surface area contributed by atoms with E-state index in [4.69, 9.17) is 41.5 Å². The Balaban J connectivity index is 0.000000118. The van der Waals surface area contributed by atoms with Crippen molar-refractivity contribution < 1.29 is 10.0 Å². The number of aromatic nitrogens is 6. The van der Waals surface area contributed by atoms with Crippen molar-refractivity contribution in [2.75, 3.05) is 0 Å². The third-order valence-electron chi connectivity index (χ3n) is 28.1. The van der Waals surface area contributed by atoms with Gasteiger partial charge in [-0.05, 0) is 272 Å². The van der Waals surface area contributed by atoms with Crippen LogP contribution >= 0.6 is 11.6 Å². The van der Waals surface area contributed by atoms with Crippen molar-refractivity contribution in [2.45, 2.75) is 75.0 Å². The molecule has 10 heteroatoms. The number of rotatable bonds is 12. The molecule has 0 radical (unpaired) electrons. The SMILES string of the molecule is Clc1cc(-c2ccccc2)cc(-c2nc(-c3ccccc3)nc(-c3ccccc3)n2)c1.OB(O)c1ccc2c(c1)C1(c3ccc(-c4ccccc4)cc3-2)C2CC3CC(C2)CC1C3.c1ccc(-c2cc(-c3ccc4c(c3)C3(c5ccc(-c6ccccc6)cc5-4)C4CC5CC(C4)CC3C5)cc(-c3nc(-c4ccccc4)nc(-c4ccccc4)n3)c2)cc1. The van der Waals surface area contributed by atoms with Crippen LogP contribution in [-0.4, -0.2) is 47.1 Å². The molecule has 2 aromatic heterocycles. The van der Waals surface area contributed by atoms with E-state index in [1.165, 1.54) is 137 Å². The molecule has 120 heavy (non-hydrogen) atoms. The Morgan fingerprint density at radius 2 is 0.475 bits per heavy atom. The highest BCUT2D eigenvalue weighted by atomic mass is 35.5. The maximum absolute atomic E-state index is 9.96. The van der Waals surface area contributed by atoms with Gasteiger partial charge in [0.1, 0.15) is 0 Å². The fourth-order valence-electron chi connectivity index (χ4n) is 23.5. The molecule has 8 saturated carbocycles. The van der Waals surface area contributed by atoms with E-state index in [0.717, 1.165) is 73.7 Å². The Bertz CT molecular complexity index is 6370. The normalized spacial score (nSPS) is 21.7. The molecule has 8 fully saturated rings. The summed E-state index contributed by atoms with van der Waals surface area (Å²) in [6.07, 6.45) is 13.6. The van der Waals surface area contributed by atoms with Gasteiger partial charge in [0.05, 0.1) is 0 Å². The van der Waals surface area contributed by atoms with Gasteiger partial charge in [-0.15, -0.1) is 0 Å². The molecule has 0 aliphatic heterocycles. The highest BCUT2D eigenvalue weighted by Gasteiger charge is 2.63. The maximum atomic E-state index is 9.96. The fourth-order valence-corrected chi connectivity index (χ4v) is 23.7. The lowest BCUT2D eigenvalue weighted by atomic mass is 9.43. The molecule has 0 unspecified atom stereocenters. The van der Waals surface area contributed by atoms with Gasteiger partial charge < -0.3 is 10.0 Å². The van der Waals surface area contributed by atoms with Crippen molar-refractivity contribution in [3.63, 3.8) is 0 Å². The maximum Gasteiger partial charge on any atom is 0.488 e. The van der Waals surface area contributed by atoms with Crippen LogP contribution in [0.5, 0.6) is 0 Å². The van der Waals surface area contributed by atoms with Crippen molar-refractivity contribution in [3.05, 3.63) is 379 Å². The van der Waals surface area contributed by atoms with E-state index >= 15 is 0 Å². The first kappa shape index (κ1) is 73.7. The summed E-state index contributed by atoms with van der Waals surface area (Å²) in [6, 6.07) is 124. The zero-order valence-corrected chi connectivity index (χ0v) is 67.5. The zero-order valence-electron chi connectivity index (χ0n) is 66.7. The zero-order chi connectivity index (χ0) is 80.0. The van der Waals surface area contributed by atoms with Gasteiger partial charge >= 0.3 is 7.12 Å². The third-order valence-corrected chi connectivity index (χ3v) is 28.3. The summed E-state index contributed by atoms with van der Waals surface area (Å²) in [7, 11) is -1.41. The van der Waals surface area contributed by atoms with Crippen LogP contribution < -0.4 is 5.46 Å². The number of hydrogen-bond acceptors (Lipinski definition) is 8. The molecule has 10 aliphatic carbocycles. The molecule has 16 aromatic rings. The monoisotopic (exact) mass is 1570 g/mol. The van der Waals surface area contributed by atoms with Crippen molar-refractivity contribution in [1.82, 2.24) is 29.9 Å². The lowest BCUT2D eigenvalue weighted by Crippen LogP contribution is -2.55. The van der Waals surface area contributed by atoms with Gasteiger partial charge in [0.2, 0.25) is 0 Å². The van der Waals surface area contributed by atoms with Gasteiger partial charge in [0, 0.05) is 49.2 Å². The van der Waals surface area contributed by atoms with Crippen LogP contribution in [0, 0.1) is 47.3 Å². The van der Waals surface area contributed by atoms with Crippen molar-refractivity contribution >= 4 is 24.2 Å². The van der Waals surface area contributed by atoms with E-state index in [2.05, 4.69) is 218 Å². The lowest BCUT2D eigenvalue weighted by molar-refractivity contribution is -0.0399. The Morgan fingerprint density at radius 3 is 0.825 bits per heavy atom. The largest absolute Gasteiger partial charge is 0.488 e. The summed E-state index contributed by atoms with van der Waals surface area (Å²) < 4.78 is 0. The Labute approximate surface area is 707 Å². The first-order valence-corrected chi connectivity index (χ1v) is 43.3. The Morgan fingerprint density at radius 1 is 0.217 bits per heavy atom. The van der Waals surface area contributed by atoms with Gasteiger partial charge in [-0.1, -0.05) is 309 Å². The summed E-state index contributed by atoms with van der Waals surface area (Å²) in [6.45, 7) is 0. The molecule has 2 N–H and O–H groups in total. The summed E-state index contributed by atoms with van der Waals surface area (Å²) in [4.78, 5) is 29.7. The molecular weight excluding hydrogens is 1480 g/mol. The average molecular weight is 1570 g/mol. The van der Waals surface area contributed by atoms with E-state index in [0.29, 0.717) is 69.1 Å². The fraction of sp³-hybridized carbons (Fsp3) is 0.182. The van der Waals surface area contributed by atoms with E-state index in [1.807, 2.05) is 133 Å². The van der Waals surface area contributed by atoms with Gasteiger partial charge in [0.25, 0.3) is 0 Å². The van der Waals surface area contributed by atoms with Crippen LogP contribution in [-0.2, 0) is 10.8 Å². The second kappa shape index (κ2) is 30.6. The van der Waals surface area contributed by atoms with Crippen molar-refractivity contribution in [3.8, 4) is 146 Å². The van der Waals surface area contributed by atoms with Crippen molar-refractivity contribution in [1.29, 1.82) is 0 Å². The predicted molar refractivity (Wildman–Crippen MR) is 487 cm³/mol. The topological polar surface area (TPSA) is 118 Å². The molecule has 2 heterocycles. The number of fused-ring (bicyclic) bond motifs is 6. The molecule has 8 bridgehead atoms. The molecule has 2 spiro atoms. The van der Waals surface area contributed by atoms with Crippen LogP contribution in [0.15, 0.2) is 352 Å². The molecule has 0 atom stereocenters. The van der Waals surface area contributed by atoms with E-state index in [1.54, 1.807) is 11.1 Å². The molecule has 0 amide bonds. The first-order valence-electron chi connectivity index (χ1n) is 42.9. The second-order valence-electron chi connectivity index (χ2n) is 34.9. The van der Waals surface area contributed by atoms with E-state index < -0.39 is 7.12 Å². The first-order chi connectivity index (χ1) is 59.1. The number of benzene rings is 14. The number of nitrogens with zero attached hydrogens (tertiary/aromatic N) is 6. The molecule has 14 aromatic carbocycles. The molecule has 26 rings (SSSR count). The minimum Gasteiger partial charge on any atom is -0.423 e. The molecule has 10 aliphatic rings. The molecule has 0 saturated heterocycles.